The van der Waals surface area contributed by atoms with Crippen molar-refractivity contribution in [2.45, 2.75) is 11.6 Å². The van der Waals surface area contributed by atoms with E-state index in [-0.39, 0.29) is 5.56 Å². The molecule has 6 heteroatoms. The average Bonchev–Trinajstić information content (AvgIpc) is 2.92. The molecule has 0 atom stereocenters. The van der Waals surface area contributed by atoms with Crippen LogP contribution in [0.2, 0.25) is 0 Å². The van der Waals surface area contributed by atoms with Gasteiger partial charge in [-0.25, -0.2) is 9.78 Å². The molecule has 100 valence electrons. The maximum atomic E-state index is 10.7. The van der Waals surface area contributed by atoms with Crippen LogP contribution in [0.3, 0.4) is 0 Å². The highest BCUT2D eigenvalue weighted by molar-refractivity contribution is 7.99. The monoisotopic (exact) mass is 279 g/mol. The minimum atomic E-state index is -0.936. The third kappa shape index (κ3) is 4.33. The van der Waals surface area contributed by atoms with Crippen LogP contribution in [0.4, 0.5) is 0 Å². The highest BCUT2D eigenvalue weighted by Crippen LogP contribution is 2.16. The van der Waals surface area contributed by atoms with Gasteiger partial charge in [0.05, 0.1) is 18.4 Å². The number of benzene rings is 1. The van der Waals surface area contributed by atoms with Crippen molar-refractivity contribution in [2.24, 2.45) is 0 Å². The van der Waals surface area contributed by atoms with E-state index >= 15 is 0 Å². The Kier molecular flexibility index (Phi) is 4.85. The van der Waals surface area contributed by atoms with Gasteiger partial charge in [-0.2, -0.15) is 0 Å². The number of carbonyl (C=O) groups is 1. The summed E-state index contributed by atoms with van der Waals surface area (Å²) in [7, 11) is 0. The first-order valence-electron chi connectivity index (χ1n) is 5.74. The Morgan fingerprint density at radius 1 is 1.37 bits per heavy atom. The van der Waals surface area contributed by atoms with E-state index in [1.165, 1.54) is 23.9 Å². The smallest absolute Gasteiger partial charge is 0.335 e. The molecule has 0 spiro atoms. The van der Waals surface area contributed by atoms with Gasteiger partial charge in [-0.15, -0.1) is 0 Å². The first-order valence-corrected chi connectivity index (χ1v) is 6.73. The Labute approximate surface area is 114 Å². The molecule has 5 nitrogen and oxygen atoms in total. The molecule has 0 amide bonds. The third-order valence-electron chi connectivity index (χ3n) is 2.29. The highest BCUT2D eigenvalue weighted by Gasteiger charge is 2.02. The maximum absolute atomic E-state index is 10.7. The first kappa shape index (κ1) is 13.5. The number of nitrogens with zero attached hydrogens (tertiary/aromatic N) is 1. The third-order valence-corrected chi connectivity index (χ3v) is 3.24. The Hall–Kier alpha value is -1.95. The number of aromatic nitrogens is 1. The van der Waals surface area contributed by atoms with Gasteiger partial charge < -0.3 is 14.3 Å². The molecule has 1 heterocycles. The Morgan fingerprint density at radius 2 is 2.16 bits per heavy atom. The second kappa shape index (κ2) is 6.84. The molecular formula is C13H13NO4S. The summed E-state index contributed by atoms with van der Waals surface area (Å²) in [6, 6.07) is 6.37. The van der Waals surface area contributed by atoms with E-state index in [1.807, 2.05) is 0 Å². The number of rotatable bonds is 7. The topological polar surface area (TPSA) is 72.6 Å². The van der Waals surface area contributed by atoms with Crippen molar-refractivity contribution in [3.63, 3.8) is 0 Å². The normalized spacial score (nSPS) is 10.3. The van der Waals surface area contributed by atoms with Crippen LogP contribution in [0.1, 0.15) is 16.8 Å². The van der Waals surface area contributed by atoms with Crippen LogP contribution in [-0.4, -0.2) is 28.4 Å². The number of aromatic carboxylic acids is 1. The van der Waals surface area contributed by atoms with E-state index in [0.29, 0.717) is 17.6 Å². The molecule has 1 aromatic heterocycles. The van der Waals surface area contributed by atoms with Crippen LogP contribution < -0.4 is 4.74 Å². The molecule has 0 saturated carbocycles. The van der Waals surface area contributed by atoms with Gasteiger partial charge in [0.2, 0.25) is 0 Å². The quantitative estimate of drug-likeness (QED) is 0.620. The lowest BCUT2D eigenvalue weighted by Crippen LogP contribution is -2.00. The Bertz CT molecular complexity index is 510. The van der Waals surface area contributed by atoms with E-state index < -0.39 is 5.97 Å². The Balaban J connectivity index is 1.66. The van der Waals surface area contributed by atoms with Crippen molar-refractivity contribution in [2.75, 3.05) is 12.4 Å². The van der Waals surface area contributed by atoms with Gasteiger partial charge in [0, 0.05) is 5.75 Å². The molecule has 19 heavy (non-hydrogen) atoms. The molecule has 0 bridgehead atoms. The van der Waals surface area contributed by atoms with Crippen LogP contribution in [0.25, 0.3) is 0 Å². The number of hydrogen-bond donors (Lipinski definition) is 1. The van der Waals surface area contributed by atoms with Crippen molar-refractivity contribution in [3.8, 4) is 5.75 Å². The van der Waals surface area contributed by atoms with Crippen LogP contribution in [0.5, 0.6) is 5.75 Å². The summed E-state index contributed by atoms with van der Waals surface area (Å²) < 4.78 is 10.6. The predicted molar refractivity (Wildman–Crippen MR) is 70.7 cm³/mol. The van der Waals surface area contributed by atoms with Gasteiger partial charge in [0.1, 0.15) is 12.0 Å². The maximum Gasteiger partial charge on any atom is 0.335 e. The molecule has 0 fully saturated rings. The lowest BCUT2D eigenvalue weighted by atomic mass is 10.2. The summed E-state index contributed by atoms with van der Waals surface area (Å²) >= 11 is 1.53. The minimum Gasteiger partial charge on any atom is -0.494 e. The largest absolute Gasteiger partial charge is 0.494 e. The van der Waals surface area contributed by atoms with Crippen molar-refractivity contribution in [3.05, 3.63) is 42.3 Å². The number of carboxylic acid groups (broad SMARTS) is 1. The molecular weight excluding hydrogens is 266 g/mol. The van der Waals surface area contributed by atoms with Crippen LogP contribution in [0.15, 0.2) is 46.4 Å². The number of thioether (sulfide) groups is 1. The van der Waals surface area contributed by atoms with Crippen LogP contribution >= 0.6 is 11.8 Å². The second-order valence-corrected chi connectivity index (χ2v) is 4.72. The van der Waals surface area contributed by atoms with Gasteiger partial charge in [-0.1, -0.05) is 11.8 Å². The van der Waals surface area contributed by atoms with Gasteiger partial charge in [0.15, 0.2) is 0 Å². The first-order chi connectivity index (χ1) is 9.25. The molecule has 0 aliphatic heterocycles. The molecule has 0 saturated heterocycles. The fourth-order valence-electron chi connectivity index (χ4n) is 1.38. The number of carboxylic acids is 1. The second-order valence-electron chi connectivity index (χ2n) is 3.68. The minimum absolute atomic E-state index is 0.256. The van der Waals surface area contributed by atoms with Crippen molar-refractivity contribution < 1.29 is 19.1 Å². The van der Waals surface area contributed by atoms with E-state index in [1.54, 1.807) is 24.6 Å². The zero-order valence-electron chi connectivity index (χ0n) is 10.1. The molecule has 0 radical (unpaired) electrons. The molecule has 0 aliphatic rings. The number of ether oxygens (including phenoxy) is 1. The van der Waals surface area contributed by atoms with Crippen molar-refractivity contribution in [1.29, 1.82) is 0 Å². The number of oxazole rings is 1. The summed E-state index contributed by atoms with van der Waals surface area (Å²) in [6.07, 6.45) is 4.01. The molecule has 2 rings (SSSR count). The van der Waals surface area contributed by atoms with Crippen molar-refractivity contribution in [1.82, 2.24) is 4.98 Å². The van der Waals surface area contributed by atoms with Crippen LogP contribution in [0, 0.1) is 0 Å². The van der Waals surface area contributed by atoms with E-state index in [0.717, 1.165) is 12.2 Å². The highest BCUT2D eigenvalue weighted by atomic mass is 32.2. The standard InChI is InChI=1S/C13H13NO4S/c15-12(16)10-2-4-11(5-3-10)17-7-1-9-19-13-14-6-8-18-13/h2-6,8H,1,7,9H2,(H,15,16). The average molecular weight is 279 g/mol. The van der Waals surface area contributed by atoms with Crippen molar-refractivity contribution >= 4 is 17.7 Å². The molecule has 1 N–H and O–H groups in total. The zero-order chi connectivity index (χ0) is 13.5. The number of hydrogen-bond acceptors (Lipinski definition) is 5. The fourth-order valence-corrected chi connectivity index (χ4v) is 2.08. The Morgan fingerprint density at radius 3 is 2.79 bits per heavy atom. The molecule has 2 aromatic rings. The lowest BCUT2D eigenvalue weighted by molar-refractivity contribution is 0.0697. The van der Waals surface area contributed by atoms with E-state index in [2.05, 4.69) is 4.98 Å². The summed E-state index contributed by atoms with van der Waals surface area (Å²) in [6.45, 7) is 0.570. The van der Waals surface area contributed by atoms with Crippen LogP contribution in [-0.2, 0) is 0 Å². The van der Waals surface area contributed by atoms with Gasteiger partial charge >= 0.3 is 5.97 Å². The predicted octanol–water partition coefficient (Wildman–Crippen LogP) is 2.93. The van der Waals surface area contributed by atoms with E-state index in [4.69, 9.17) is 14.3 Å². The summed E-state index contributed by atoms with van der Waals surface area (Å²) in [5, 5.41) is 9.41. The van der Waals surface area contributed by atoms with Gasteiger partial charge in [-0.05, 0) is 30.7 Å². The summed E-state index contributed by atoms with van der Waals surface area (Å²) in [4.78, 5) is 14.7. The lowest BCUT2D eigenvalue weighted by Gasteiger charge is -2.05. The summed E-state index contributed by atoms with van der Waals surface area (Å²) in [5.74, 6) is 0.591. The summed E-state index contributed by atoms with van der Waals surface area (Å²) in [5.41, 5.74) is 0.256. The molecule has 1 aromatic carbocycles. The van der Waals surface area contributed by atoms with Gasteiger partial charge in [0.25, 0.3) is 5.22 Å². The fraction of sp³-hybridized carbons (Fsp3) is 0.231. The SMILES string of the molecule is O=C(O)c1ccc(OCCCSc2ncco2)cc1. The van der Waals surface area contributed by atoms with E-state index in [9.17, 15) is 4.79 Å². The molecule has 0 unspecified atom stereocenters. The zero-order valence-corrected chi connectivity index (χ0v) is 10.9. The van der Waals surface area contributed by atoms with Gasteiger partial charge in [-0.3, -0.25) is 0 Å². The molecule has 0 aliphatic carbocycles.